The molecule has 0 spiro atoms. The second-order valence-electron chi connectivity index (χ2n) is 3.54. The van der Waals surface area contributed by atoms with Crippen LogP contribution in [0.15, 0.2) is 18.2 Å². The van der Waals surface area contributed by atoms with Gasteiger partial charge in [-0.2, -0.15) is 0 Å². The molecule has 80 valence electrons. The molecule has 4 nitrogen and oxygen atoms in total. The van der Waals surface area contributed by atoms with Crippen LogP contribution < -0.4 is 5.32 Å². The summed E-state index contributed by atoms with van der Waals surface area (Å²) in [4.78, 5) is 11.5. The van der Waals surface area contributed by atoms with Crippen molar-refractivity contribution in [1.29, 1.82) is 0 Å². The number of ether oxygens (including phenoxy) is 1. The van der Waals surface area contributed by atoms with Crippen molar-refractivity contribution in [3.05, 3.63) is 29.3 Å². The summed E-state index contributed by atoms with van der Waals surface area (Å²) in [7, 11) is 1.36. The zero-order valence-corrected chi connectivity index (χ0v) is 8.49. The van der Waals surface area contributed by atoms with Crippen LogP contribution in [-0.2, 0) is 16.0 Å². The van der Waals surface area contributed by atoms with Gasteiger partial charge in [0, 0.05) is 6.54 Å². The highest BCUT2D eigenvalue weighted by Gasteiger charge is 2.26. The highest BCUT2D eigenvalue weighted by atomic mass is 16.5. The normalized spacial score (nSPS) is 19.4. The standard InChI is InChI=1S/C11H13NO3/c1-15-11(14)10-9-6-8(13)3-2-7(9)4-5-12-10/h2-3,6,10,12-13H,4-5H2,1H3. The third-order valence-corrected chi connectivity index (χ3v) is 2.62. The molecular formula is C11H13NO3. The van der Waals surface area contributed by atoms with Crippen molar-refractivity contribution in [3.63, 3.8) is 0 Å². The summed E-state index contributed by atoms with van der Waals surface area (Å²) >= 11 is 0. The zero-order chi connectivity index (χ0) is 10.8. The van der Waals surface area contributed by atoms with Crippen LogP contribution in [0.2, 0.25) is 0 Å². The van der Waals surface area contributed by atoms with Gasteiger partial charge >= 0.3 is 5.97 Å². The molecule has 0 amide bonds. The first kappa shape index (κ1) is 9.98. The van der Waals surface area contributed by atoms with E-state index in [-0.39, 0.29) is 11.7 Å². The predicted octanol–water partition coefficient (Wildman–Crippen LogP) is 0.752. The molecule has 1 unspecified atom stereocenters. The molecule has 0 aliphatic carbocycles. The van der Waals surface area contributed by atoms with Crippen LogP contribution in [-0.4, -0.2) is 24.7 Å². The highest BCUT2D eigenvalue weighted by Crippen LogP contribution is 2.27. The molecule has 0 saturated carbocycles. The van der Waals surface area contributed by atoms with Crippen molar-refractivity contribution in [2.45, 2.75) is 12.5 Å². The van der Waals surface area contributed by atoms with Crippen molar-refractivity contribution >= 4 is 5.97 Å². The predicted molar refractivity (Wildman–Crippen MR) is 54.6 cm³/mol. The number of hydrogen-bond acceptors (Lipinski definition) is 4. The Balaban J connectivity index is 2.40. The topological polar surface area (TPSA) is 58.6 Å². The molecule has 4 heteroatoms. The van der Waals surface area contributed by atoms with E-state index < -0.39 is 6.04 Å². The van der Waals surface area contributed by atoms with Gasteiger partial charge in [0.15, 0.2) is 0 Å². The van der Waals surface area contributed by atoms with E-state index in [1.165, 1.54) is 7.11 Å². The largest absolute Gasteiger partial charge is 0.508 e. The Bertz CT molecular complexity index is 389. The van der Waals surface area contributed by atoms with Crippen molar-refractivity contribution in [3.8, 4) is 5.75 Å². The van der Waals surface area contributed by atoms with Gasteiger partial charge in [-0.15, -0.1) is 0 Å². The maximum Gasteiger partial charge on any atom is 0.327 e. The minimum Gasteiger partial charge on any atom is -0.508 e. The highest BCUT2D eigenvalue weighted by molar-refractivity contribution is 5.78. The lowest BCUT2D eigenvalue weighted by Gasteiger charge is -2.24. The van der Waals surface area contributed by atoms with Crippen molar-refractivity contribution in [1.82, 2.24) is 5.32 Å². The molecular weight excluding hydrogens is 194 g/mol. The average molecular weight is 207 g/mol. The summed E-state index contributed by atoms with van der Waals surface area (Å²) in [6.07, 6.45) is 0.864. The Morgan fingerprint density at radius 3 is 3.13 bits per heavy atom. The third-order valence-electron chi connectivity index (χ3n) is 2.62. The Hall–Kier alpha value is -1.55. The molecule has 0 saturated heterocycles. The molecule has 1 aliphatic rings. The van der Waals surface area contributed by atoms with Gasteiger partial charge in [-0.3, -0.25) is 0 Å². The molecule has 0 fully saturated rings. The summed E-state index contributed by atoms with van der Waals surface area (Å²) in [6.45, 7) is 0.748. The van der Waals surface area contributed by atoms with Crippen molar-refractivity contribution < 1.29 is 14.6 Å². The Morgan fingerprint density at radius 2 is 2.40 bits per heavy atom. The summed E-state index contributed by atoms with van der Waals surface area (Å²) in [5.74, 6) is -0.145. The van der Waals surface area contributed by atoms with Crippen molar-refractivity contribution in [2.75, 3.05) is 13.7 Å². The smallest absolute Gasteiger partial charge is 0.327 e. The minimum absolute atomic E-state index is 0.173. The van der Waals surface area contributed by atoms with E-state index in [1.807, 2.05) is 6.07 Å². The van der Waals surface area contributed by atoms with Gasteiger partial charge in [-0.05, 0) is 29.7 Å². The summed E-state index contributed by atoms with van der Waals surface area (Å²) in [6, 6.07) is 4.65. The van der Waals surface area contributed by atoms with Crippen LogP contribution in [0.1, 0.15) is 17.2 Å². The molecule has 0 aromatic heterocycles. The summed E-state index contributed by atoms with van der Waals surface area (Å²) in [5, 5.41) is 12.4. The van der Waals surface area contributed by atoms with E-state index in [0.29, 0.717) is 0 Å². The number of aromatic hydroxyl groups is 1. The lowest BCUT2D eigenvalue weighted by atomic mass is 9.94. The molecule has 15 heavy (non-hydrogen) atoms. The number of phenolic OH excluding ortho intramolecular Hbond substituents is 1. The van der Waals surface area contributed by atoms with Crippen LogP contribution in [0.3, 0.4) is 0 Å². The number of rotatable bonds is 1. The van der Waals surface area contributed by atoms with Gasteiger partial charge in [0.05, 0.1) is 7.11 Å². The number of carbonyl (C=O) groups is 1. The number of phenols is 1. The Labute approximate surface area is 87.9 Å². The number of benzene rings is 1. The van der Waals surface area contributed by atoms with Gasteiger partial charge < -0.3 is 15.2 Å². The fourth-order valence-corrected chi connectivity index (χ4v) is 1.87. The van der Waals surface area contributed by atoms with Gasteiger partial charge in [0.2, 0.25) is 0 Å². The minimum atomic E-state index is -0.453. The first-order valence-electron chi connectivity index (χ1n) is 4.85. The lowest BCUT2D eigenvalue weighted by Crippen LogP contribution is -2.35. The van der Waals surface area contributed by atoms with E-state index in [9.17, 15) is 9.90 Å². The number of nitrogens with one attached hydrogen (secondary N) is 1. The van der Waals surface area contributed by atoms with E-state index in [0.717, 1.165) is 24.1 Å². The number of hydrogen-bond donors (Lipinski definition) is 2. The number of fused-ring (bicyclic) bond motifs is 1. The molecule has 0 radical (unpaired) electrons. The molecule has 2 N–H and O–H groups in total. The van der Waals surface area contributed by atoms with Crippen LogP contribution in [0, 0.1) is 0 Å². The van der Waals surface area contributed by atoms with Gasteiger partial charge in [-0.25, -0.2) is 4.79 Å². The van der Waals surface area contributed by atoms with Crippen LogP contribution in [0.25, 0.3) is 0 Å². The van der Waals surface area contributed by atoms with Crippen LogP contribution in [0.5, 0.6) is 5.75 Å². The molecule has 1 heterocycles. The van der Waals surface area contributed by atoms with E-state index >= 15 is 0 Å². The summed E-state index contributed by atoms with van der Waals surface area (Å²) in [5.41, 5.74) is 1.90. The molecule has 1 atom stereocenters. The molecule has 1 aromatic rings. The van der Waals surface area contributed by atoms with Gasteiger partial charge in [0.25, 0.3) is 0 Å². The average Bonchev–Trinajstić information content (AvgIpc) is 2.27. The Kier molecular flexibility index (Phi) is 2.60. The SMILES string of the molecule is COC(=O)C1NCCc2ccc(O)cc21. The molecule has 1 aliphatic heterocycles. The number of methoxy groups -OCH3 is 1. The third kappa shape index (κ3) is 1.80. The lowest BCUT2D eigenvalue weighted by molar-refractivity contribution is -0.143. The maximum absolute atomic E-state index is 11.5. The molecule has 0 bridgehead atoms. The van der Waals surface area contributed by atoms with E-state index in [4.69, 9.17) is 4.74 Å². The first-order valence-corrected chi connectivity index (χ1v) is 4.85. The first-order chi connectivity index (χ1) is 7.22. The second kappa shape index (κ2) is 3.90. The molecule has 2 rings (SSSR count). The van der Waals surface area contributed by atoms with Gasteiger partial charge in [-0.1, -0.05) is 6.07 Å². The fraction of sp³-hybridized carbons (Fsp3) is 0.364. The maximum atomic E-state index is 11.5. The number of carbonyl (C=O) groups excluding carboxylic acids is 1. The Morgan fingerprint density at radius 1 is 1.60 bits per heavy atom. The van der Waals surface area contributed by atoms with Gasteiger partial charge in [0.1, 0.15) is 11.8 Å². The monoisotopic (exact) mass is 207 g/mol. The molecule has 1 aromatic carbocycles. The fourth-order valence-electron chi connectivity index (χ4n) is 1.87. The van der Waals surface area contributed by atoms with Crippen molar-refractivity contribution in [2.24, 2.45) is 0 Å². The second-order valence-corrected chi connectivity index (χ2v) is 3.54. The zero-order valence-electron chi connectivity index (χ0n) is 8.49. The quantitative estimate of drug-likeness (QED) is 0.667. The van der Waals surface area contributed by atoms with Crippen LogP contribution >= 0.6 is 0 Å². The van der Waals surface area contributed by atoms with E-state index in [1.54, 1.807) is 12.1 Å². The summed E-state index contributed by atoms with van der Waals surface area (Å²) < 4.78 is 4.70. The van der Waals surface area contributed by atoms with E-state index in [2.05, 4.69) is 5.32 Å². The number of esters is 1. The van der Waals surface area contributed by atoms with Crippen LogP contribution in [0.4, 0.5) is 0 Å².